The van der Waals surface area contributed by atoms with Crippen LogP contribution in [-0.4, -0.2) is 45.0 Å². The van der Waals surface area contributed by atoms with Crippen LogP contribution in [0.15, 0.2) is 72.2 Å². The molecule has 5 rings (SSSR count). The number of pyridine rings is 1. The predicted octanol–water partition coefficient (Wildman–Crippen LogP) is 4.27. The Morgan fingerprint density at radius 1 is 1.03 bits per heavy atom. The van der Waals surface area contributed by atoms with Crippen LogP contribution in [0.3, 0.4) is 0 Å². The van der Waals surface area contributed by atoms with Gasteiger partial charge in [0.1, 0.15) is 5.82 Å². The third-order valence-corrected chi connectivity index (χ3v) is 7.15. The Morgan fingerprint density at radius 3 is 2.62 bits per heavy atom. The Balaban J connectivity index is 1.15. The molecule has 0 aliphatic carbocycles. The van der Waals surface area contributed by atoms with Gasteiger partial charge >= 0.3 is 0 Å². The number of piperidine rings is 1. The fourth-order valence-electron chi connectivity index (χ4n) is 4.47. The minimum absolute atomic E-state index is 0.0874. The largest absolute Gasteiger partial charge is 0.344 e. The number of aromatic nitrogens is 3. The summed E-state index contributed by atoms with van der Waals surface area (Å²) in [5, 5.41) is 14.0. The maximum atomic E-state index is 12.8. The van der Waals surface area contributed by atoms with E-state index in [9.17, 15) is 4.79 Å². The molecule has 1 amide bonds. The summed E-state index contributed by atoms with van der Waals surface area (Å²) < 4.78 is 2.10. The first-order chi connectivity index (χ1) is 15.8. The number of rotatable bonds is 7. The molecule has 1 unspecified atom stereocenters. The van der Waals surface area contributed by atoms with Gasteiger partial charge in [0.05, 0.1) is 6.04 Å². The molecule has 1 saturated heterocycles. The predicted molar refractivity (Wildman–Crippen MR) is 127 cm³/mol. The van der Waals surface area contributed by atoms with Crippen molar-refractivity contribution in [3.05, 3.63) is 88.5 Å². The monoisotopic (exact) mass is 445 g/mol. The van der Waals surface area contributed by atoms with E-state index in [4.69, 9.17) is 0 Å². The number of benzene rings is 1. The minimum Gasteiger partial charge on any atom is -0.344 e. The zero-order valence-corrected chi connectivity index (χ0v) is 18.7. The summed E-state index contributed by atoms with van der Waals surface area (Å²) in [6, 6.07) is 20.2. The molecule has 0 saturated carbocycles. The van der Waals surface area contributed by atoms with Crippen molar-refractivity contribution >= 4 is 22.9 Å². The Labute approximate surface area is 191 Å². The Morgan fingerprint density at radius 2 is 1.84 bits per heavy atom. The van der Waals surface area contributed by atoms with Crippen LogP contribution in [0, 0.1) is 0 Å². The zero-order valence-electron chi connectivity index (χ0n) is 17.9. The molecule has 4 aromatic rings. The van der Waals surface area contributed by atoms with Gasteiger partial charge in [-0.3, -0.25) is 9.20 Å². The summed E-state index contributed by atoms with van der Waals surface area (Å²) in [6.07, 6.45) is 4.63. The van der Waals surface area contributed by atoms with Gasteiger partial charge < -0.3 is 10.2 Å². The molecule has 164 valence electrons. The highest BCUT2D eigenvalue weighted by molar-refractivity contribution is 7.10. The topological polar surface area (TPSA) is 62.5 Å². The van der Waals surface area contributed by atoms with E-state index in [0.717, 1.165) is 54.4 Å². The molecule has 1 atom stereocenters. The third-order valence-electron chi connectivity index (χ3n) is 6.21. The number of nitrogens with zero attached hydrogens (tertiary/aromatic N) is 4. The van der Waals surface area contributed by atoms with Crippen LogP contribution in [0.2, 0.25) is 0 Å². The van der Waals surface area contributed by atoms with Crippen LogP contribution < -0.4 is 5.32 Å². The zero-order chi connectivity index (χ0) is 21.8. The van der Waals surface area contributed by atoms with E-state index < -0.39 is 0 Å². The lowest BCUT2D eigenvalue weighted by atomic mass is 9.96. The molecule has 7 heteroatoms. The molecule has 1 aromatic carbocycles. The summed E-state index contributed by atoms with van der Waals surface area (Å²) >= 11 is 1.68. The summed E-state index contributed by atoms with van der Waals surface area (Å²) in [6.45, 7) is 2.74. The van der Waals surface area contributed by atoms with Gasteiger partial charge in [-0.05, 0) is 55.1 Å². The maximum Gasteiger partial charge on any atom is 0.222 e. The molecule has 0 bridgehead atoms. The highest BCUT2D eigenvalue weighted by atomic mass is 32.1. The van der Waals surface area contributed by atoms with Crippen molar-refractivity contribution in [2.45, 2.75) is 31.2 Å². The molecular formula is C25H27N5OS. The fraction of sp³-hybridized carbons (Fsp3) is 0.320. The summed E-state index contributed by atoms with van der Waals surface area (Å²) in [7, 11) is 0. The smallest absolute Gasteiger partial charge is 0.222 e. The molecular weight excluding hydrogens is 418 g/mol. The normalized spacial score (nSPS) is 16.2. The molecule has 1 N–H and O–H groups in total. The number of hydrogen-bond donors (Lipinski definition) is 1. The Bertz CT molecular complexity index is 1150. The molecule has 0 spiro atoms. The molecule has 0 radical (unpaired) electrons. The highest BCUT2D eigenvalue weighted by Crippen LogP contribution is 2.28. The number of amides is 1. The van der Waals surface area contributed by atoms with Crippen molar-refractivity contribution in [2.75, 3.05) is 19.6 Å². The van der Waals surface area contributed by atoms with E-state index in [1.165, 1.54) is 0 Å². The highest BCUT2D eigenvalue weighted by Gasteiger charge is 2.25. The second kappa shape index (κ2) is 9.63. The van der Waals surface area contributed by atoms with E-state index in [-0.39, 0.29) is 11.9 Å². The van der Waals surface area contributed by atoms with Crippen molar-refractivity contribution in [1.82, 2.24) is 24.8 Å². The number of fused-ring (bicyclic) bond motifs is 1. The number of carbonyl (C=O) groups is 1. The van der Waals surface area contributed by atoms with Crippen LogP contribution in [-0.2, 0) is 4.79 Å². The first-order valence-electron chi connectivity index (χ1n) is 11.2. The van der Waals surface area contributed by atoms with Gasteiger partial charge in [-0.25, -0.2) is 0 Å². The molecule has 1 aliphatic heterocycles. The van der Waals surface area contributed by atoms with Crippen LogP contribution in [0.25, 0.3) is 5.65 Å². The van der Waals surface area contributed by atoms with Gasteiger partial charge in [-0.1, -0.05) is 42.5 Å². The van der Waals surface area contributed by atoms with Crippen LogP contribution >= 0.6 is 11.3 Å². The molecule has 1 aliphatic rings. The number of thiophene rings is 1. The molecule has 32 heavy (non-hydrogen) atoms. The van der Waals surface area contributed by atoms with Crippen LogP contribution in [0.4, 0.5) is 0 Å². The molecule has 4 heterocycles. The molecule has 1 fully saturated rings. The van der Waals surface area contributed by atoms with Crippen LogP contribution in [0.1, 0.15) is 47.5 Å². The van der Waals surface area contributed by atoms with E-state index in [0.29, 0.717) is 12.3 Å². The second-order valence-corrected chi connectivity index (χ2v) is 9.26. The number of hydrogen-bond acceptors (Lipinski definition) is 5. The summed E-state index contributed by atoms with van der Waals surface area (Å²) in [4.78, 5) is 16.4. The van der Waals surface area contributed by atoms with E-state index in [1.54, 1.807) is 11.3 Å². The second-order valence-electron chi connectivity index (χ2n) is 8.28. The quantitative estimate of drug-likeness (QED) is 0.462. The van der Waals surface area contributed by atoms with Crippen molar-refractivity contribution in [2.24, 2.45) is 0 Å². The minimum atomic E-state index is -0.0874. The fourth-order valence-corrected chi connectivity index (χ4v) is 5.27. The van der Waals surface area contributed by atoms with Crippen molar-refractivity contribution in [3.8, 4) is 0 Å². The van der Waals surface area contributed by atoms with Gasteiger partial charge in [0.2, 0.25) is 5.91 Å². The van der Waals surface area contributed by atoms with Gasteiger partial charge in [0, 0.05) is 30.0 Å². The summed E-state index contributed by atoms with van der Waals surface area (Å²) in [5.74, 6) is 1.57. The lowest BCUT2D eigenvalue weighted by molar-refractivity contribution is -0.122. The van der Waals surface area contributed by atoms with Crippen molar-refractivity contribution in [1.29, 1.82) is 0 Å². The van der Waals surface area contributed by atoms with E-state index in [1.807, 2.05) is 48.7 Å². The average Bonchev–Trinajstić information content (AvgIpc) is 3.53. The van der Waals surface area contributed by atoms with Gasteiger partial charge in [0.15, 0.2) is 5.65 Å². The Kier molecular flexibility index (Phi) is 6.27. The standard InChI is InChI=1S/C25H27N5OS/c31-23(26-24(21-9-6-18-32-21)19-7-2-1-3-8-19)13-17-29-15-11-20(12-16-29)25-28-27-22-10-4-5-14-30(22)25/h1-10,14,18,20,24H,11-13,15-17H2,(H,26,31). The SMILES string of the molecule is O=C(CCN1CCC(c2nnc3ccccn23)CC1)NC(c1ccccc1)c1cccs1. The Hall–Kier alpha value is -3.03. The maximum absolute atomic E-state index is 12.8. The lowest BCUT2D eigenvalue weighted by Crippen LogP contribution is -2.37. The first-order valence-corrected chi connectivity index (χ1v) is 12.1. The molecule has 3 aromatic heterocycles. The average molecular weight is 446 g/mol. The van der Waals surface area contributed by atoms with Crippen LogP contribution in [0.5, 0.6) is 0 Å². The number of likely N-dealkylation sites (tertiary alicyclic amines) is 1. The molecule has 6 nitrogen and oxygen atoms in total. The first kappa shape index (κ1) is 20.8. The van der Waals surface area contributed by atoms with Gasteiger partial charge in [-0.15, -0.1) is 21.5 Å². The number of nitrogens with one attached hydrogen (secondary N) is 1. The van der Waals surface area contributed by atoms with E-state index >= 15 is 0 Å². The van der Waals surface area contributed by atoms with Crippen molar-refractivity contribution in [3.63, 3.8) is 0 Å². The third kappa shape index (κ3) is 4.59. The number of carbonyl (C=O) groups excluding carboxylic acids is 1. The van der Waals surface area contributed by atoms with E-state index in [2.05, 4.69) is 48.4 Å². The van der Waals surface area contributed by atoms with Gasteiger partial charge in [-0.2, -0.15) is 0 Å². The summed E-state index contributed by atoms with van der Waals surface area (Å²) in [5.41, 5.74) is 2.02. The lowest BCUT2D eigenvalue weighted by Gasteiger charge is -2.31. The van der Waals surface area contributed by atoms with Gasteiger partial charge in [0.25, 0.3) is 0 Å². The van der Waals surface area contributed by atoms with Crippen molar-refractivity contribution < 1.29 is 4.79 Å².